The van der Waals surface area contributed by atoms with Crippen molar-refractivity contribution < 1.29 is 19.4 Å². The van der Waals surface area contributed by atoms with Gasteiger partial charge in [0.1, 0.15) is 23.1 Å². The lowest BCUT2D eigenvalue weighted by molar-refractivity contribution is -0.139. The molecule has 0 saturated carbocycles. The number of thiazole rings is 1. The summed E-state index contributed by atoms with van der Waals surface area (Å²) in [5.74, 6) is 0.162. The molecule has 7 heteroatoms. The first-order valence-electron chi connectivity index (χ1n) is 11.7. The van der Waals surface area contributed by atoms with Gasteiger partial charge in [-0.15, -0.1) is 11.3 Å². The quantitative estimate of drug-likeness (QED) is 0.233. The lowest BCUT2D eigenvalue weighted by atomic mass is 10.0. The summed E-state index contributed by atoms with van der Waals surface area (Å²) >= 11 is 1.59. The van der Waals surface area contributed by atoms with E-state index in [-0.39, 0.29) is 6.61 Å². The molecule has 0 spiro atoms. The number of hydrogen-bond donors (Lipinski definition) is 1. The Kier molecular flexibility index (Phi) is 7.23. The van der Waals surface area contributed by atoms with Gasteiger partial charge in [0.15, 0.2) is 6.61 Å². The summed E-state index contributed by atoms with van der Waals surface area (Å²) in [4.78, 5) is 21.0. The highest BCUT2D eigenvalue weighted by atomic mass is 32.1. The number of ether oxygens (including phenoxy) is 2. The van der Waals surface area contributed by atoms with Crippen molar-refractivity contribution in [2.24, 2.45) is 0 Å². The van der Waals surface area contributed by atoms with Crippen LogP contribution in [0.4, 0.5) is 0 Å². The molecule has 0 radical (unpaired) electrons. The van der Waals surface area contributed by atoms with Gasteiger partial charge in [0, 0.05) is 18.0 Å². The SMILES string of the molecule is Cc1cc(OCc2nc(-c3cccnc3)c(-c3ccc(-c4ccccc4)cc3)s2)ccc1OCC(=O)O. The summed E-state index contributed by atoms with van der Waals surface area (Å²) in [6, 6.07) is 28.0. The van der Waals surface area contributed by atoms with Gasteiger partial charge >= 0.3 is 5.97 Å². The molecule has 0 aliphatic carbocycles. The second-order valence-electron chi connectivity index (χ2n) is 8.37. The van der Waals surface area contributed by atoms with Crippen LogP contribution in [0.3, 0.4) is 0 Å². The minimum atomic E-state index is -1.02. The summed E-state index contributed by atoms with van der Waals surface area (Å²) in [5.41, 5.74) is 6.04. The molecular weight excluding hydrogens is 484 g/mol. The Morgan fingerprint density at radius 1 is 0.865 bits per heavy atom. The fourth-order valence-corrected chi connectivity index (χ4v) is 4.93. The first-order chi connectivity index (χ1) is 18.1. The molecule has 0 aliphatic heterocycles. The highest BCUT2D eigenvalue weighted by Crippen LogP contribution is 2.38. The molecule has 6 nitrogen and oxygen atoms in total. The van der Waals surface area contributed by atoms with E-state index in [2.05, 4.69) is 41.4 Å². The van der Waals surface area contributed by atoms with Crippen LogP contribution in [-0.2, 0) is 11.4 Å². The number of hydrogen-bond acceptors (Lipinski definition) is 6. The monoisotopic (exact) mass is 508 g/mol. The molecule has 3 aromatic carbocycles. The van der Waals surface area contributed by atoms with Crippen molar-refractivity contribution in [3.63, 3.8) is 0 Å². The fraction of sp³-hybridized carbons (Fsp3) is 0.100. The van der Waals surface area contributed by atoms with Crippen LogP contribution in [-0.4, -0.2) is 27.7 Å². The van der Waals surface area contributed by atoms with Gasteiger partial charge in [-0.25, -0.2) is 9.78 Å². The predicted octanol–water partition coefficient (Wildman–Crippen LogP) is 6.89. The third-order valence-electron chi connectivity index (χ3n) is 5.72. The number of carbonyl (C=O) groups is 1. The second kappa shape index (κ2) is 11.1. The zero-order chi connectivity index (χ0) is 25.6. The van der Waals surface area contributed by atoms with Gasteiger partial charge in [-0.3, -0.25) is 4.98 Å². The Morgan fingerprint density at radius 2 is 1.59 bits per heavy atom. The van der Waals surface area contributed by atoms with Crippen LogP contribution in [0.25, 0.3) is 32.8 Å². The maximum Gasteiger partial charge on any atom is 0.341 e. The number of aromatic nitrogens is 2. The van der Waals surface area contributed by atoms with E-state index in [4.69, 9.17) is 19.6 Å². The summed E-state index contributed by atoms with van der Waals surface area (Å²) in [5, 5.41) is 9.66. The maximum atomic E-state index is 10.8. The molecule has 0 unspecified atom stereocenters. The fourth-order valence-electron chi connectivity index (χ4n) is 3.92. The predicted molar refractivity (Wildman–Crippen MR) is 145 cm³/mol. The number of rotatable bonds is 9. The third-order valence-corrected chi connectivity index (χ3v) is 6.80. The van der Waals surface area contributed by atoms with E-state index < -0.39 is 5.97 Å². The molecule has 2 aromatic heterocycles. The average molecular weight is 509 g/mol. The molecule has 2 heterocycles. The maximum absolute atomic E-state index is 10.8. The molecule has 5 aromatic rings. The largest absolute Gasteiger partial charge is 0.486 e. The van der Waals surface area contributed by atoms with Gasteiger partial charge in [-0.2, -0.15) is 0 Å². The number of aryl methyl sites for hydroxylation is 1. The van der Waals surface area contributed by atoms with Crippen molar-refractivity contribution in [2.75, 3.05) is 6.61 Å². The number of nitrogens with zero attached hydrogens (tertiary/aromatic N) is 2. The molecule has 0 amide bonds. The lowest BCUT2D eigenvalue weighted by Gasteiger charge is -2.09. The van der Waals surface area contributed by atoms with E-state index in [0.29, 0.717) is 18.1 Å². The van der Waals surface area contributed by atoms with Crippen LogP contribution in [0.2, 0.25) is 0 Å². The van der Waals surface area contributed by atoms with Crippen molar-refractivity contribution >= 4 is 17.3 Å². The van der Waals surface area contributed by atoms with Crippen molar-refractivity contribution in [1.82, 2.24) is 9.97 Å². The van der Waals surface area contributed by atoms with Crippen LogP contribution < -0.4 is 9.47 Å². The summed E-state index contributed by atoms with van der Waals surface area (Å²) in [6.45, 7) is 1.77. The van der Waals surface area contributed by atoms with Gasteiger partial charge in [-0.05, 0) is 59.5 Å². The molecule has 0 atom stereocenters. The van der Waals surface area contributed by atoms with Crippen LogP contribution in [0.1, 0.15) is 10.6 Å². The Bertz CT molecular complexity index is 1500. The number of aliphatic carboxylic acids is 1. The molecule has 1 N–H and O–H groups in total. The molecule has 0 aliphatic rings. The van der Waals surface area contributed by atoms with E-state index in [0.717, 1.165) is 37.8 Å². The Balaban J connectivity index is 1.39. The minimum absolute atomic E-state index is 0.300. The first-order valence-corrected chi connectivity index (χ1v) is 12.5. The molecular formula is C30H24N2O4S. The van der Waals surface area contributed by atoms with E-state index in [9.17, 15) is 4.79 Å². The van der Waals surface area contributed by atoms with Gasteiger partial charge in [-0.1, -0.05) is 54.6 Å². The van der Waals surface area contributed by atoms with Crippen LogP contribution in [0.5, 0.6) is 11.5 Å². The highest BCUT2D eigenvalue weighted by Gasteiger charge is 2.16. The van der Waals surface area contributed by atoms with Gasteiger partial charge < -0.3 is 14.6 Å². The highest BCUT2D eigenvalue weighted by molar-refractivity contribution is 7.15. The van der Waals surface area contributed by atoms with Gasteiger partial charge in [0.25, 0.3) is 0 Å². The van der Waals surface area contributed by atoms with Crippen molar-refractivity contribution in [3.05, 3.63) is 108 Å². The normalized spacial score (nSPS) is 10.7. The van der Waals surface area contributed by atoms with Gasteiger partial charge in [0.2, 0.25) is 0 Å². The minimum Gasteiger partial charge on any atom is -0.486 e. The van der Waals surface area contributed by atoms with Crippen molar-refractivity contribution in [3.8, 4) is 44.3 Å². The molecule has 5 rings (SSSR count). The summed E-state index contributed by atoms with van der Waals surface area (Å²) < 4.78 is 11.3. The van der Waals surface area contributed by atoms with E-state index >= 15 is 0 Å². The summed E-state index contributed by atoms with van der Waals surface area (Å²) in [7, 11) is 0. The van der Waals surface area contributed by atoms with Crippen LogP contribution in [0.15, 0.2) is 97.3 Å². The van der Waals surface area contributed by atoms with E-state index in [1.165, 1.54) is 5.56 Å². The molecule has 37 heavy (non-hydrogen) atoms. The van der Waals surface area contributed by atoms with Crippen LogP contribution in [0, 0.1) is 6.92 Å². The molecule has 0 saturated heterocycles. The number of carboxylic acids is 1. The molecule has 0 bridgehead atoms. The number of carboxylic acid groups (broad SMARTS) is 1. The van der Waals surface area contributed by atoms with E-state index in [1.54, 1.807) is 29.7 Å². The zero-order valence-corrected chi connectivity index (χ0v) is 20.9. The smallest absolute Gasteiger partial charge is 0.341 e. The van der Waals surface area contributed by atoms with Crippen LogP contribution >= 0.6 is 11.3 Å². The topological polar surface area (TPSA) is 81.5 Å². The second-order valence-corrected chi connectivity index (χ2v) is 9.45. The Labute approximate surface area is 218 Å². The third kappa shape index (κ3) is 5.85. The Morgan fingerprint density at radius 3 is 2.30 bits per heavy atom. The molecule has 184 valence electrons. The van der Waals surface area contributed by atoms with E-state index in [1.807, 2.05) is 49.5 Å². The molecule has 0 fully saturated rings. The number of pyridine rings is 1. The standard InChI is InChI=1S/C30H24N2O4S/c1-20-16-25(13-14-26(20)36-19-28(33)34)35-18-27-32-29(24-8-5-15-31-17-24)30(37-27)23-11-9-22(10-12-23)21-6-3-2-4-7-21/h2-17H,18-19H2,1H3,(H,33,34). The number of benzene rings is 3. The Hall–Kier alpha value is -4.49. The zero-order valence-electron chi connectivity index (χ0n) is 20.1. The van der Waals surface area contributed by atoms with Gasteiger partial charge in [0.05, 0.1) is 10.6 Å². The summed E-state index contributed by atoms with van der Waals surface area (Å²) in [6.07, 6.45) is 3.57. The average Bonchev–Trinajstić information content (AvgIpc) is 3.37. The van der Waals surface area contributed by atoms with Crippen molar-refractivity contribution in [2.45, 2.75) is 13.5 Å². The lowest BCUT2D eigenvalue weighted by Crippen LogP contribution is -2.10. The first kappa shape index (κ1) is 24.2. The van der Waals surface area contributed by atoms with Crippen molar-refractivity contribution in [1.29, 1.82) is 0 Å².